The predicted molar refractivity (Wildman–Crippen MR) is 178 cm³/mol. The number of rotatable bonds is 17. The number of non-ortho nitro benzene ring substituents is 1. The number of hydrogen-bond donors (Lipinski definition) is 2. The van der Waals surface area contributed by atoms with Crippen LogP contribution in [-0.4, -0.2) is 84.7 Å². The molecular weight excluding hydrogens is 643 g/mol. The first-order valence-electron chi connectivity index (χ1n) is 15.6. The van der Waals surface area contributed by atoms with Gasteiger partial charge in [-0.1, -0.05) is 74.5 Å². The summed E-state index contributed by atoms with van der Waals surface area (Å²) in [6.07, 6.45) is -2.98. The SMILES string of the molecule is COC(=O)N(CC(F)CC[C@@H](CO)N(CCC(C)C)S(=O)(=O)c1ccc([N+](=O)[O-])cc1)C(=O)[C@@H](N)C(c1ccccc1)c1ccccc1. The Bertz CT molecular complexity index is 1550. The second kappa shape index (κ2) is 17.8. The summed E-state index contributed by atoms with van der Waals surface area (Å²) in [6, 6.07) is 20.0. The summed E-state index contributed by atoms with van der Waals surface area (Å²) in [6.45, 7) is 2.43. The Morgan fingerprint density at radius 1 is 0.938 bits per heavy atom. The van der Waals surface area contributed by atoms with Crippen molar-refractivity contribution in [2.45, 2.75) is 62.2 Å². The minimum Gasteiger partial charge on any atom is -0.452 e. The third-order valence-electron chi connectivity index (χ3n) is 8.02. The van der Waals surface area contributed by atoms with E-state index in [1.165, 1.54) is 0 Å². The molecule has 14 heteroatoms. The minimum atomic E-state index is -4.25. The molecule has 0 spiro atoms. The Morgan fingerprint density at radius 3 is 1.94 bits per heavy atom. The Hall–Kier alpha value is -4.24. The van der Waals surface area contributed by atoms with Crippen LogP contribution in [0.3, 0.4) is 0 Å². The number of alkyl halides is 1. The smallest absolute Gasteiger partial charge is 0.416 e. The molecule has 0 aliphatic rings. The van der Waals surface area contributed by atoms with Crippen LogP contribution in [0.2, 0.25) is 0 Å². The van der Waals surface area contributed by atoms with Crippen LogP contribution in [0.1, 0.15) is 50.2 Å². The molecule has 0 aliphatic carbocycles. The molecule has 0 saturated heterocycles. The topological polar surface area (TPSA) is 173 Å². The van der Waals surface area contributed by atoms with Gasteiger partial charge in [-0.25, -0.2) is 22.5 Å². The summed E-state index contributed by atoms with van der Waals surface area (Å²) in [5, 5.41) is 21.3. The first kappa shape index (κ1) is 38.2. The normalized spacial score (nSPS) is 13.7. The lowest BCUT2D eigenvalue weighted by atomic mass is 9.85. The summed E-state index contributed by atoms with van der Waals surface area (Å²) < 4.78 is 48.9. The van der Waals surface area contributed by atoms with Crippen molar-refractivity contribution in [3.8, 4) is 0 Å². The van der Waals surface area contributed by atoms with Gasteiger partial charge in [0.1, 0.15) is 6.17 Å². The molecule has 0 saturated carbocycles. The number of aliphatic hydroxyl groups is 1. The van der Waals surface area contributed by atoms with E-state index in [0.717, 1.165) is 35.7 Å². The Kier molecular flexibility index (Phi) is 14.2. The molecule has 0 aliphatic heterocycles. The average Bonchev–Trinajstić information content (AvgIpc) is 3.08. The zero-order valence-electron chi connectivity index (χ0n) is 27.2. The molecule has 1 unspecified atom stereocenters. The maximum Gasteiger partial charge on any atom is 0.416 e. The summed E-state index contributed by atoms with van der Waals surface area (Å²) in [5.74, 6) is -1.43. The highest BCUT2D eigenvalue weighted by atomic mass is 32.2. The van der Waals surface area contributed by atoms with Crippen LogP contribution in [0.4, 0.5) is 14.9 Å². The average molecular weight is 687 g/mol. The second-order valence-electron chi connectivity index (χ2n) is 11.8. The maximum absolute atomic E-state index is 15.7. The van der Waals surface area contributed by atoms with Gasteiger partial charge in [0.15, 0.2) is 0 Å². The number of nitro groups is 1. The molecule has 0 radical (unpaired) electrons. The van der Waals surface area contributed by atoms with Crippen LogP contribution in [0, 0.1) is 16.0 Å². The second-order valence-corrected chi connectivity index (χ2v) is 13.7. The molecule has 48 heavy (non-hydrogen) atoms. The molecule has 3 aromatic rings. The Balaban J connectivity index is 1.82. The molecule has 0 heterocycles. The third kappa shape index (κ3) is 9.89. The van der Waals surface area contributed by atoms with Crippen LogP contribution in [0.15, 0.2) is 89.8 Å². The van der Waals surface area contributed by atoms with Crippen molar-refractivity contribution in [2.24, 2.45) is 11.7 Å². The third-order valence-corrected chi connectivity index (χ3v) is 9.98. The van der Waals surface area contributed by atoms with Gasteiger partial charge in [-0.05, 0) is 48.4 Å². The monoisotopic (exact) mass is 686 g/mol. The Labute approximate surface area is 280 Å². The van der Waals surface area contributed by atoms with E-state index in [4.69, 9.17) is 10.5 Å². The molecule has 0 fully saturated rings. The van der Waals surface area contributed by atoms with E-state index in [9.17, 15) is 33.2 Å². The number of amides is 2. The van der Waals surface area contributed by atoms with Crippen molar-refractivity contribution >= 4 is 27.7 Å². The molecule has 3 rings (SSSR count). The number of sulfonamides is 1. The summed E-state index contributed by atoms with van der Waals surface area (Å²) in [5.41, 5.74) is 7.64. The number of halogens is 1. The molecule has 2 amide bonds. The number of nitrogens with zero attached hydrogens (tertiary/aromatic N) is 3. The van der Waals surface area contributed by atoms with Crippen molar-refractivity contribution in [2.75, 3.05) is 26.8 Å². The molecular formula is C34H43FN4O8S. The van der Waals surface area contributed by atoms with Gasteiger partial charge in [-0.15, -0.1) is 0 Å². The minimum absolute atomic E-state index is 0.00114. The number of aliphatic hydroxyl groups excluding tert-OH is 1. The number of methoxy groups -OCH3 is 1. The molecule has 3 atom stereocenters. The van der Waals surface area contributed by atoms with Gasteiger partial charge in [-0.2, -0.15) is 4.31 Å². The zero-order valence-corrected chi connectivity index (χ0v) is 28.0. The van der Waals surface area contributed by atoms with E-state index in [1.807, 2.05) is 26.0 Å². The summed E-state index contributed by atoms with van der Waals surface area (Å²) in [4.78, 5) is 37.4. The van der Waals surface area contributed by atoms with E-state index < -0.39 is 64.3 Å². The highest BCUT2D eigenvalue weighted by Crippen LogP contribution is 2.29. The molecule has 12 nitrogen and oxygen atoms in total. The van der Waals surface area contributed by atoms with Gasteiger partial charge in [0.25, 0.3) is 5.69 Å². The number of imide groups is 1. The van der Waals surface area contributed by atoms with Crippen LogP contribution >= 0.6 is 0 Å². The van der Waals surface area contributed by atoms with Crippen molar-refractivity contribution < 1.29 is 37.2 Å². The highest BCUT2D eigenvalue weighted by Gasteiger charge is 2.37. The number of benzene rings is 3. The number of nitrogens with two attached hydrogens (primary N) is 1. The van der Waals surface area contributed by atoms with Gasteiger partial charge < -0.3 is 15.6 Å². The van der Waals surface area contributed by atoms with E-state index >= 15 is 4.39 Å². The molecule has 260 valence electrons. The number of ether oxygens (including phenoxy) is 1. The fourth-order valence-electron chi connectivity index (χ4n) is 5.36. The quantitative estimate of drug-likeness (QED) is 0.148. The lowest BCUT2D eigenvalue weighted by Crippen LogP contribution is -2.51. The summed E-state index contributed by atoms with van der Waals surface area (Å²) >= 11 is 0. The summed E-state index contributed by atoms with van der Waals surface area (Å²) in [7, 11) is -3.19. The van der Waals surface area contributed by atoms with Crippen molar-refractivity contribution in [3.63, 3.8) is 0 Å². The van der Waals surface area contributed by atoms with Gasteiger partial charge in [0.05, 0.1) is 36.1 Å². The molecule has 0 aromatic heterocycles. The number of nitro benzene ring substituents is 1. The predicted octanol–water partition coefficient (Wildman–Crippen LogP) is 4.87. The van der Waals surface area contributed by atoms with Gasteiger partial charge >= 0.3 is 6.09 Å². The fraction of sp³-hybridized carbons (Fsp3) is 0.412. The molecule has 0 bridgehead atoms. The highest BCUT2D eigenvalue weighted by molar-refractivity contribution is 7.89. The van der Waals surface area contributed by atoms with E-state index in [0.29, 0.717) is 22.4 Å². The van der Waals surface area contributed by atoms with Crippen molar-refractivity contribution in [1.82, 2.24) is 9.21 Å². The van der Waals surface area contributed by atoms with Crippen LogP contribution in [-0.2, 0) is 19.6 Å². The van der Waals surface area contributed by atoms with E-state index in [2.05, 4.69) is 0 Å². The number of hydrogen-bond acceptors (Lipinski definition) is 9. The van der Waals surface area contributed by atoms with Crippen LogP contribution < -0.4 is 5.73 Å². The first-order chi connectivity index (χ1) is 22.8. The number of carbonyl (C=O) groups excluding carboxylic acids is 2. The van der Waals surface area contributed by atoms with Gasteiger partial charge in [0, 0.05) is 30.6 Å². The van der Waals surface area contributed by atoms with Gasteiger partial charge in [-0.3, -0.25) is 14.9 Å². The van der Waals surface area contributed by atoms with Crippen molar-refractivity contribution in [1.29, 1.82) is 0 Å². The van der Waals surface area contributed by atoms with Gasteiger partial charge in [0.2, 0.25) is 15.9 Å². The largest absolute Gasteiger partial charge is 0.452 e. The van der Waals surface area contributed by atoms with E-state index in [-0.39, 0.29) is 35.9 Å². The van der Waals surface area contributed by atoms with Crippen LogP contribution in [0.25, 0.3) is 0 Å². The lowest BCUT2D eigenvalue weighted by Gasteiger charge is -2.31. The van der Waals surface area contributed by atoms with Crippen LogP contribution in [0.5, 0.6) is 0 Å². The fourth-order valence-corrected chi connectivity index (χ4v) is 7.02. The molecule has 3 aromatic carbocycles. The standard InChI is InChI=1S/C34H43FN4O8S/c1-24(2)20-21-38(48(45,46)30-18-16-28(17-19-30)39(43)44)29(23-40)15-14-27(35)22-37(34(42)47-3)33(41)32(36)31(25-10-6-4-7-11-25)26-12-8-5-9-13-26/h4-13,16-19,24,27,29,31-32,40H,14-15,20-23,36H2,1-3H3/t27?,29-,32-/m0/s1. The molecule has 3 N–H and O–H groups in total. The van der Waals surface area contributed by atoms with Crippen molar-refractivity contribution in [3.05, 3.63) is 106 Å². The van der Waals surface area contributed by atoms with E-state index in [1.54, 1.807) is 48.5 Å². The number of carbonyl (C=O) groups is 2. The zero-order chi connectivity index (χ0) is 35.4. The maximum atomic E-state index is 15.7. The Morgan fingerprint density at radius 2 is 1.48 bits per heavy atom. The lowest BCUT2D eigenvalue weighted by molar-refractivity contribution is -0.384. The first-order valence-corrected chi connectivity index (χ1v) is 17.0.